The lowest BCUT2D eigenvalue weighted by Gasteiger charge is -2.27. The highest BCUT2D eigenvalue weighted by Crippen LogP contribution is 2.37. The van der Waals surface area contributed by atoms with E-state index in [9.17, 15) is 4.79 Å². The van der Waals surface area contributed by atoms with E-state index in [1.807, 2.05) is 49.4 Å². The largest absolute Gasteiger partial charge is 0.361 e. The summed E-state index contributed by atoms with van der Waals surface area (Å²) in [7, 11) is 0. The van der Waals surface area contributed by atoms with E-state index in [0.29, 0.717) is 5.82 Å². The van der Waals surface area contributed by atoms with Crippen LogP contribution >= 0.6 is 0 Å². The van der Waals surface area contributed by atoms with Crippen LogP contribution in [0.5, 0.6) is 0 Å². The SMILES string of the molecule is Cc1ccc(N2C(=O)c3ccccc3[C@@H]2Nc2cccc(C)c2C)nc1. The number of amides is 1. The van der Waals surface area contributed by atoms with Crippen molar-refractivity contribution < 1.29 is 4.79 Å². The van der Waals surface area contributed by atoms with Crippen LogP contribution in [-0.4, -0.2) is 10.9 Å². The van der Waals surface area contributed by atoms with Crippen molar-refractivity contribution >= 4 is 17.4 Å². The maximum atomic E-state index is 13.1. The third-order valence-corrected chi connectivity index (χ3v) is 5.00. The molecule has 1 aromatic heterocycles. The number of benzene rings is 2. The normalized spacial score (nSPS) is 15.9. The molecule has 2 heterocycles. The molecule has 0 fully saturated rings. The molecule has 0 bridgehead atoms. The molecule has 1 amide bonds. The zero-order chi connectivity index (χ0) is 18.3. The summed E-state index contributed by atoms with van der Waals surface area (Å²) >= 11 is 0. The van der Waals surface area contributed by atoms with E-state index in [1.165, 1.54) is 11.1 Å². The first kappa shape index (κ1) is 16.3. The highest BCUT2D eigenvalue weighted by Gasteiger charge is 2.38. The van der Waals surface area contributed by atoms with Crippen molar-refractivity contribution in [1.29, 1.82) is 0 Å². The molecular weight excluding hydrogens is 322 g/mol. The van der Waals surface area contributed by atoms with Gasteiger partial charge in [0.2, 0.25) is 0 Å². The first-order chi connectivity index (χ1) is 12.6. The van der Waals surface area contributed by atoms with E-state index in [1.54, 1.807) is 11.1 Å². The van der Waals surface area contributed by atoms with E-state index in [4.69, 9.17) is 0 Å². The maximum Gasteiger partial charge on any atom is 0.261 e. The Hall–Kier alpha value is -3.14. The fourth-order valence-corrected chi connectivity index (χ4v) is 3.35. The average molecular weight is 343 g/mol. The number of carbonyl (C=O) groups is 1. The third kappa shape index (κ3) is 2.64. The quantitative estimate of drug-likeness (QED) is 0.744. The molecule has 1 atom stereocenters. The summed E-state index contributed by atoms with van der Waals surface area (Å²) in [4.78, 5) is 19.3. The van der Waals surface area contributed by atoms with Gasteiger partial charge in [0, 0.05) is 23.0 Å². The summed E-state index contributed by atoms with van der Waals surface area (Å²) in [5.74, 6) is 0.624. The zero-order valence-electron chi connectivity index (χ0n) is 15.2. The molecule has 4 heteroatoms. The van der Waals surface area contributed by atoms with Crippen molar-refractivity contribution in [3.05, 3.63) is 88.6 Å². The molecule has 0 radical (unpaired) electrons. The molecule has 0 spiro atoms. The van der Waals surface area contributed by atoms with Crippen molar-refractivity contribution in [3.8, 4) is 0 Å². The number of hydrogen-bond donors (Lipinski definition) is 1. The van der Waals surface area contributed by atoms with Crippen LogP contribution in [0, 0.1) is 20.8 Å². The number of nitrogens with one attached hydrogen (secondary N) is 1. The van der Waals surface area contributed by atoms with E-state index < -0.39 is 0 Å². The highest BCUT2D eigenvalue weighted by molar-refractivity contribution is 6.11. The number of pyridine rings is 1. The Labute approximate surface area is 153 Å². The Morgan fingerprint density at radius 2 is 1.77 bits per heavy atom. The molecule has 4 nitrogen and oxygen atoms in total. The lowest BCUT2D eigenvalue weighted by molar-refractivity contribution is 0.0992. The maximum absolute atomic E-state index is 13.1. The van der Waals surface area contributed by atoms with Crippen molar-refractivity contribution in [2.24, 2.45) is 0 Å². The van der Waals surface area contributed by atoms with Crippen molar-refractivity contribution in [1.82, 2.24) is 4.98 Å². The zero-order valence-corrected chi connectivity index (χ0v) is 15.2. The number of anilines is 2. The molecule has 26 heavy (non-hydrogen) atoms. The second-order valence-electron chi connectivity index (χ2n) is 6.75. The van der Waals surface area contributed by atoms with Gasteiger partial charge >= 0.3 is 0 Å². The molecule has 1 aliphatic heterocycles. The van der Waals surface area contributed by atoms with Crippen LogP contribution in [0.4, 0.5) is 11.5 Å². The van der Waals surface area contributed by atoms with Crippen LogP contribution in [0.3, 0.4) is 0 Å². The van der Waals surface area contributed by atoms with Crippen LogP contribution in [0.25, 0.3) is 0 Å². The number of carbonyl (C=O) groups excluding carboxylic acids is 1. The topological polar surface area (TPSA) is 45.2 Å². The van der Waals surface area contributed by atoms with Gasteiger partial charge in [0.05, 0.1) is 0 Å². The van der Waals surface area contributed by atoms with Crippen LogP contribution in [-0.2, 0) is 0 Å². The lowest BCUT2D eigenvalue weighted by atomic mass is 10.1. The van der Waals surface area contributed by atoms with Gasteiger partial charge in [0.1, 0.15) is 12.0 Å². The van der Waals surface area contributed by atoms with Gasteiger partial charge in [-0.3, -0.25) is 9.69 Å². The standard InChI is InChI=1S/C22H21N3O/c1-14-11-12-20(23-13-14)25-21(17-8-4-5-9-18(17)22(25)26)24-19-10-6-7-15(2)16(19)3/h4-13,21,24H,1-3H3/t21-/m1/s1. The Morgan fingerprint density at radius 3 is 2.54 bits per heavy atom. The van der Waals surface area contributed by atoms with Gasteiger partial charge in [0.15, 0.2) is 0 Å². The van der Waals surface area contributed by atoms with Gasteiger partial charge in [-0.15, -0.1) is 0 Å². The molecule has 0 saturated heterocycles. The number of fused-ring (bicyclic) bond motifs is 1. The summed E-state index contributed by atoms with van der Waals surface area (Å²) in [6.07, 6.45) is 1.51. The molecule has 2 aromatic carbocycles. The predicted octanol–water partition coefficient (Wildman–Crippen LogP) is 4.78. The van der Waals surface area contributed by atoms with E-state index in [-0.39, 0.29) is 12.1 Å². The molecular formula is C22H21N3O. The Morgan fingerprint density at radius 1 is 0.962 bits per heavy atom. The molecule has 1 N–H and O–H groups in total. The Balaban J connectivity index is 1.81. The Bertz CT molecular complexity index is 979. The van der Waals surface area contributed by atoms with E-state index in [2.05, 4.69) is 36.3 Å². The van der Waals surface area contributed by atoms with E-state index >= 15 is 0 Å². The molecule has 0 unspecified atom stereocenters. The monoisotopic (exact) mass is 343 g/mol. The fourth-order valence-electron chi connectivity index (χ4n) is 3.35. The second kappa shape index (κ2) is 6.30. The van der Waals surface area contributed by atoms with Crippen LogP contribution < -0.4 is 10.2 Å². The predicted molar refractivity (Wildman–Crippen MR) is 105 cm³/mol. The number of aromatic nitrogens is 1. The first-order valence-electron chi connectivity index (χ1n) is 8.74. The van der Waals surface area contributed by atoms with Crippen LogP contribution in [0.15, 0.2) is 60.8 Å². The minimum atomic E-state index is -0.283. The van der Waals surface area contributed by atoms with Crippen LogP contribution in [0.2, 0.25) is 0 Å². The number of hydrogen-bond acceptors (Lipinski definition) is 3. The van der Waals surface area contributed by atoms with Crippen molar-refractivity contribution in [2.75, 3.05) is 10.2 Å². The molecule has 4 rings (SSSR count). The molecule has 3 aromatic rings. The average Bonchev–Trinajstić information content (AvgIpc) is 2.92. The first-order valence-corrected chi connectivity index (χ1v) is 8.74. The third-order valence-electron chi connectivity index (χ3n) is 5.00. The van der Waals surface area contributed by atoms with Crippen LogP contribution in [0.1, 0.15) is 38.8 Å². The van der Waals surface area contributed by atoms with Gasteiger partial charge in [-0.2, -0.15) is 0 Å². The summed E-state index contributed by atoms with van der Waals surface area (Å²) in [5.41, 5.74) is 6.18. The highest BCUT2D eigenvalue weighted by atomic mass is 16.2. The summed E-state index contributed by atoms with van der Waals surface area (Å²) in [5, 5.41) is 3.56. The molecule has 0 saturated carbocycles. The van der Waals surface area contributed by atoms with E-state index in [0.717, 1.165) is 22.4 Å². The fraction of sp³-hybridized carbons (Fsp3) is 0.182. The lowest BCUT2D eigenvalue weighted by Crippen LogP contribution is -2.33. The smallest absolute Gasteiger partial charge is 0.261 e. The Kier molecular flexibility index (Phi) is 3.96. The van der Waals surface area contributed by atoms with Gasteiger partial charge in [-0.25, -0.2) is 4.98 Å². The summed E-state index contributed by atoms with van der Waals surface area (Å²) in [6.45, 7) is 6.17. The van der Waals surface area contributed by atoms with Gasteiger partial charge in [-0.1, -0.05) is 36.4 Å². The summed E-state index contributed by atoms with van der Waals surface area (Å²) < 4.78 is 0. The molecule has 0 aliphatic carbocycles. The molecule has 1 aliphatic rings. The number of nitrogens with zero attached hydrogens (tertiary/aromatic N) is 2. The van der Waals surface area contributed by atoms with Crippen molar-refractivity contribution in [2.45, 2.75) is 26.9 Å². The number of aryl methyl sites for hydroxylation is 2. The summed E-state index contributed by atoms with van der Waals surface area (Å²) in [6, 6.07) is 17.8. The van der Waals surface area contributed by atoms with Gasteiger partial charge in [0.25, 0.3) is 5.91 Å². The minimum absolute atomic E-state index is 0.0280. The molecule has 130 valence electrons. The number of rotatable bonds is 3. The minimum Gasteiger partial charge on any atom is -0.361 e. The van der Waals surface area contributed by atoms with Crippen molar-refractivity contribution in [3.63, 3.8) is 0 Å². The van der Waals surface area contributed by atoms with Gasteiger partial charge in [-0.05, 0) is 55.7 Å². The van der Waals surface area contributed by atoms with Gasteiger partial charge < -0.3 is 5.32 Å². The second-order valence-corrected chi connectivity index (χ2v) is 6.75.